The number of nitrogens with zero attached hydrogens (tertiary/aromatic N) is 3. The highest BCUT2D eigenvalue weighted by atomic mass is 16.3. The van der Waals surface area contributed by atoms with Gasteiger partial charge in [0.05, 0.1) is 6.26 Å². The Morgan fingerprint density at radius 1 is 1.33 bits per heavy atom. The number of furan rings is 1. The van der Waals surface area contributed by atoms with Gasteiger partial charge in [0.25, 0.3) is 5.91 Å². The SMILES string of the molecule is CCn1cnnc1-c1cccc(NC(=O)c2ccco2)c1. The molecule has 6 nitrogen and oxygen atoms in total. The molecule has 2 heterocycles. The minimum atomic E-state index is -0.283. The molecule has 3 aromatic rings. The maximum absolute atomic E-state index is 12.0. The van der Waals surface area contributed by atoms with Crippen molar-refractivity contribution in [3.63, 3.8) is 0 Å². The first kappa shape index (κ1) is 13.1. The molecule has 0 fully saturated rings. The molecule has 106 valence electrons. The van der Waals surface area contributed by atoms with Crippen LogP contribution in [0.15, 0.2) is 53.4 Å². The summed E-state index contributed by atoms with van der Waals surface area (Å²) in [6, 6.07) is 10.8. The molecule has 1 aromatic carbocycles. The number of hydrogen-bond acceptors (Lipinski definition) is 4. The van der Waals surface area contributed by atoms with Crippen LogP contribution in [0, 0.1) is 0 Å². The zero-order valence-corrected chi connectivity index (χ0v) is 11.5. The minimum absolute atomic E-state index is 0.275. The lowest BCUT2D eigenvalue weighted by molar-refractivity contribution is 0.0996. The maximum Gasteiger partial charge on any atom is 0.291 e. The molecule has 21 heavy (non-hydrogen) atoms. The lowest BCUT2D eigenvalue weighted by Gasteiger charge is -2.07. The fourth-order valence-corrected chi connectivity index (χ4v) is 2.05. The zero-order valence-electron chi connectivity index (χ0n) is 11.5. The molecule has 0 aliphatic carbocycles. The van der Waals surface area contributed by atoms with E-state index in [1.54, 1.807) is 18.5 Å². The Bertz CT molecular complexity index is 747. The summed E-state index contributed by atoms with van der Waals surface area (Å²) in [5.41, 5.74) is 1.58. The molecule has 6 heteroatoms. The first-order chi connectivity index (χ1) is 10.3. The van der Waals surface area contributed by atoms with Crippen molar-refractivity contribution in [2.24, 2.45) is 0 Å². The van der Waals surface area contributed by atoms with Gasteiger partial charge in [-0.3, -0.25) is 4.79 Å². The molecule has 2 aromatic heterocycles. The van der Waals surface area contributed by atoms with E-state index in [1.165, 1.54) is 6.26 Å². The Morgan fingerprint density at radius 2 is 2.24 bits per heavy atom. The number of anilines is 1. The van der Waals surface area contributed by atoms with E-state index in [1.807, 2.05) is 35.8 Å². The molecule has 3 rings (SSSR count). The van der Waals surface area contributed by atoms with E-state index in [2.05, 4.69) is 15.5 Å². The number of hydrogen-bond donors (Lipinski definition) is 1. The van der Waals surface area contributed by atoms with E-state index < -0.39 is 0 Å². The number of aryl methyl sites for hydroxylation is 1. The largest absolute Gasteiger partial charge is 0.459 e. The molecular weight excluding hydrogens is 268 g/mol. The smallest absolute Gasteiger partial charge is 0.291 e. The molecule has 1 N–H and O–H groups in total. The predicted octanol–water partition coefficient (Wildman–Crippen LogP) is 2.81. The summed E-state index contributed by atoms with van der Waals surface area (Å²) in [4.78, 5) is 12.0. The zero-order chi connectivity index (χ0) is 14.7. The standard InChI is InChI=1S/C15H14N4O2/c1-2-19-10-16-18-14(19)11-5-3-6-12(9-11)17-15(20)13-7-4-8-21-13/h3-10H,2H2,1H3,(H,17,20). The van der Waals surface area contributed by atoms with E-state index in [4.69, 9.17) is 4.42 Å². The number of carbonyl (C=O) groups excluding carboxylic acids is 1. The Hall–Kier alpha value is -2.89. The summed E-state index contributed by atoms with van der Waals surface area (Å²) in [5.74, 6) is 0.762. The van der Waals surface area contributed by atoms with E-state index in [9.17, 15) is 4.79 Å². The molecule has 1 amide bonds. The molecule has 0 aliphatic heterocycles. The lowest BCUT2D eigenvalue weighted by atomic mass is 10.2. The molecule has 0 aliphatic rings. The second kappa shape index (κ2) is 5.62. The highest BCUT2D eigenvalue weighted by Crippen LogP contribution is 2.21. The van der Waals surface area contributed by atoms with E-state index >= 15 is 0 Å². The molecule has 0 atom stereocenters. The van der Waals surface area contributed by atoms with Crippen LogP contribution in [0.5, 0.6) is 0 Å². The van der Waals surface area contributed by atoms with Crippen LogP contribution in [-0.2, 0) is 6.54 Å². The van der Waals surface area contributed by atoms with Gasteiger partial charge in [0, 0.05) is 17.8 Å². The predicted molar refractivity (Wildman–Crippen MR) is 77.8 cm³/mol. The molecule has 0 spiro atoms. The molecule has 0 saturated carbocycles. The van der Waals surface area contributed by atoms with Gasteiger partial charge in [-0.1, -0.05) is 12.1 Å². The topological polar surface area (TPSA) is 73.0 Å². The Balaban J connectivity index is 1.85. The fourth-order valence-electron chi connectivity index (χ4n) is 2.05. The Kier molecular flexibility index (Phi) is 3.51. The Labute approximate surface area is 121 Å². The van der Waals surface area contributed by atoms with Crippen LogP contribution in [0.1, 0.15) is 17.5 Å². The number of rotatable bonds is 4. The van der Waals surface area contributed by atoms with Crippen molar-refractivity contribution in [2.75, 3.05) is 5.32 Å². The Morgan fingerprint density at radius 3 is 3.00 bits per heavy atom. The normalized spacial score (nSPS) is 10.5. The highest BCUT2D eigenvalue weighted by Gasteiger charge is 2.10. The third kappa shape index (κ3) is 2.69. The van der Waals surface area contributed by atoms with Crippen molar-refractivity contribution in [3.8, 4) is 11.4 Å². The number of amides is 1. The number of benzene rings is 1. The molecular formula is C15H14N4O2. The van der Waals surface area contributed by atoms with Crippen molar-refractivity contribution in [1.29, 1.82) is 0 Å². The second-order valence-electron chi connectivity index (χ2n) is 4.45. The lowest BCUT2D eigenvalue weighted by Crippen LogP contribution is -2.10. The van der Waals surface area contributed by atoms with Crippen LogP contribution in [0.4, 0.5) is 5.69 Å². The van der Waals surface area contributed by atoms with Crippen molar-refractivity contribution >= 4 is 11.6 Å². The average Bonchev–Trinajstić information content (AvgIpc) is 3.18. The van der Waals surface area contributed by atoms with E-state index in [0.717, 1.165) is 17.9 Å². The van der Waals surface area contributed by atoms with Crippen LogP contribution in [0.3, 0.4) is 0 Å². The molecule has 0 bridgehead atoms. The highest BCUT2D eigenvalue weighted by molar-refractivity contribution is 6.02. The molecule has 0 saturated heterocycles. The third-order valence-electron chi connectivity index (χ3n) is 3.08. The van der Waals surface area contributed by atoms with Crippen LogP contribution < -0.4 is 5.32 Å². The summed E-state index contributed by atoms with van der Waals surface area (Å²) < 4.78 is 7.01. The maximum atomic E-state index is 12.0. The summed E-state index contributed by atoms with van der Waals surface area (Å²) in [5, 5.41) is 10.8. The number of nitrogens with one attached hydrogen (secondary N) is 1. The summed E-state index contributed by atoms with van der Waals surface area (Å²) in [6.07, 6.45) is 3.15. The first-order valence-corrected chi connectivity index (χ1v) is 6.61. The van der Waals surface area contributed by atoms with Gasteiger partial charge in [-0.25, -0.2) is 0 Å². The minimum Gasteiger partial charge on any atom is -0.459 e. The van der Waals surface area contributed by atoms with Crippen molar-refractivity contribution in [1.82, 2.24) is 14.8 Å². The fraction of sp³-hybridized carbons (Fsp3) is 0.133. The van der Waals surface area contributed by atoms with E-state index in [-0.39, 0.29) is 11.7 Å². The van der Waals surface area contributed by atoms with Crippen molar-refractivity contribution < 1.29 is 9.21 Å². The van der Waals surface area contributed by atoms with Gasteiger partial charge >= 0.3 is 0 Å². The van der Waals surface area contributed by atoms with Crippen LogP contribution in [-0.4, -0.2) is 20.7 Å². The van der Waals surface area contributed by atoms with Crippen LogP contribution >= 0.6 is 0 Å². The van der Waals surface area contributed by atoms with Crippen LogP contribution in [0.2, 0.25) is 0 Å². The van der Waals surface area contributed by atoms with Gasteiger partial charge in [0.1, 0.15) is 6.33 Å². The third-order valence-corrected chi connectivity index (χ3v) is 3.08. The van der Waals surface area contributed by atoms with Gasteiger partial charge in [0.2, 0.25) is 0 Å². The average molecular weight is 282 g/mol. The van der Waals surface area contributed by atoms with E-state index in [0.29, 0.717) is 5.69 Å². The molecule has 0 unspecified atom stereocenters. The van der Waals surface area contributed by atoms with Crippen molar-refractivity contribution in [2.45, 2.75) is 13.5 Å². The summed E-state index contributed by atoms with van der Waals surface area (Å²) in [6.45, 7) is 2.81. The monoisotopic (exact) mass is 282 g/mol. The number of carbonyl (C=O) groups is 1. The van der Waals surface area contributed by atoms with Gasteiger partial charge in [-0.2, -0.15) is 0 Å². The van der Waals surface area contributed by atoms with Crippen molar-refractivity contribution in [3.05, 3.63) is 54.7 Å². The second-order valence-corrected chi connectivity index (χ2v) is 4.45. The number of aromatic nitrogens is 3. The van der Waals surface area contributed by atoms with Gasteiger partial charge < -0.3 is 14.3 Å². The van der Waals surface area contributed by atoms with Gasteiger partial charge in [0.15, 0.2) is 11.6 Å². The molecule has 0 radical (unpaired) electrons. The summed E-state index contributed by atoms with van der Waals surface area (Å²) >= 11 is 0. The quantitative estimate of drug-likeness (QED) is 0.798. The van der Waals surface area contributed by atoms with Gasteiger partial charge in [-0.15, -0.1) is 10.2 Å². The first-order valence-electron chi connectivity index (χ1n) is 6.61. The van der Waals surface area contributed by atoms with Gasteiger partial charge in [-0.05, 0) is 31.2 Å². The summed E-state index contributed by atoms with van der Waals surface area (Å²) in [7, 11) is 0. The van der Waals surface area contributed by atoms with Crippen LogP contribution in [0.25, 0.3) is 11.4 Å².